The van der Waals surface area contributed by atoms with E-state index < -0.39 is 0 Å². The Labute approximate surface area is 397 Å². The third-order valence-electron chi connectivity index (χ3n) is 13.4. The van der Waals surface area contributed by atoms with E-state index in [2.05, 4.69) is 211 Å². The second-order valence-electron chi connectivity index (χ2n) is 18.5. The molecule has 0 N–H and O–H groups in total. The van der Waals surface area contributed by atoms with Gasteiger partial charge in [0, 0.05) is 40.0 Å². The summed E-state index contributed by atoms with van der Waals surface area (Å²) in [5.74, 6) is 2.95. The summed E-state index contributed by atoms with van der Waals surface area (Å²) in [6, 6.07) is 57.6. The zero-order valence-corrected chi connectivity index (χ0v) is 40.3. The minimum absolute atomic E-state index is 0. The number of aromatic nitrogens is 1. The fraction of sp³-hybridized carbons (Fsp3) is 0.186. The van der Waals surface area contributed by atoms with Gasteiger partial charge in [0.25, 0.3) is 0 Å². The summed E-state index contributed by atoms with van der Waals surface area (Å²) in [5.41, 5.74) is 20.5. The Morgan fingerprint density at radius 1 is 0.585 bits per heavy atom. The molecule has 0 radical (unpaired) electrons. The summed E-state index contributed by atoms with van der Waals surface area (Å²) in [5, 5.41) is 0. The molecule has 1 aliphatic carbocycles. The normalized spacial score (nSPS) is 16.3. The second kappa shape index (κ2) is 16.2. The molecule has 1 aromatic heterocycles. The van der Waals surface area contributed by atoms with Gasteiger partial charge >= 0.3 is 21.1 Å². The van der Waals surface area contributed by atoms with Gasteiger partial charge in [-0.15, -0.1) is 29.8 Å². The Morgan fingerprint density at radius 2 is 1.23 bits per heavy atom. The zero-order chi connectivity index (χ0) is 44.0. The van der Waals surface area contributed by atoms with E-state index >= 15 is 0 Å². The van der Waals surface area contributed by atoms with Gasteiger partial charge in [-0.2, -0.15) is 5.56 Å². The molecule has 3 aliphatic rings. The standard InChI is InChI=1S/C59H50N4O.Pt/c1-35-20-22-47-49(29-35)50-30-36(2)21-23-48(50)56-54(47)61-57(63(56)55-39(5)25-37(3)26-40(55)6)43-31-42(41-15-10-9-11-16-41)32-46(33-43)64-45-28-38(4)27-44(34-45)62-53-19-13-12-17-51(53)59(7,8)52-18-14-24-60-58(52)62;/h9-32,54,56H,1-8H3;/q-2;+2/t54-,56+;/m1./s1. The topological polar surface area (TPSA) is 41.0 Å². The number of ether oxygens (including phenoxy) is 1. The third kappa shape index (κ3) is 7.12. The van der Waals surface area contributed by atoms with Crippen LogP contribution in [0.5, 0.6) is 11.5 Å². The smallest absolute Gasteiger partial charge is 0.503 e. The summed E-state index contributed by atoms with van der Waals surface area (Å²) >= 11 is 0. The Kier molecular flexibility index (Phi) is 10.5. The Hall–Kier alpha value is -6.55. The number of pyridine rings is 1. The van der Waals surface area contributed by atoms with Crippen molar-refractivity contribution in [3.63, 3.8) is 0 Å². The number of anilines is 4. The number of aliphatic imine (C=N–C) groups is 1. The van der Waals surface area contributed by atoms with Crippen LogP contribution in [0, 0.1) is 53.7 Å². The van der Waals surface area contributed by atoms with Crippen LogP contribution < -0.4 is 14.5 Å². The van der Waals surface area contributed by atoms with Crippen molar-refractivity contribution >= 4 is 28.7 Å². The Bertz CT molecular complexity index is 3150. The maximum Gasteiger partial charge on any atom is 2.00 e. The molecule has 5 nitrogen and oxygen atoms in total. The Balaban J connectivity index is 0.00000498. The van der Waals surface area contributed by atoms with E-state index in [4.69, 9.17) is 14.7 Å². The van der Waals surface area contributed by atoms with Gasteiger partial charge in [0.05, 0.1) is 17.9 Å². The molecule has 3 heterocycles. The molecule has 0 amide bonds. The molecule has 0 fully saturated rings. The minimum atomic E-state index is -0.227. The van der Waals surface area contributed by atoms with Crippen LogP contribution in [0.2, 0.25) is 0 Å². The van der Waals surface area contributed by atoms with E-state index in [0.29, 0.717) is 11.5 Å². The van der Waals surface area contributed by atoms with Crippen LogP contribution in [0.3, 0.4) is 0 Å². The first kappa shape index (κ1) is 42.4. The van der Waals surface area contributed by atoms with Crippen LogP contribution in [0.1, 0.15) is 87.1 Å². The number of benzene rings is 7. The monoisotopic (exact) mass is 1030 g/mol. The molecule has 65 heavy (non-hydrogen) atoms. The van der Waals surface area contributed by atoms with Crippen LogP contribution in [-0.2, 0) is 26.5 Å². The maximum atomic E-state index is 7.00. The summed E-state index contributed by atoms with van der Waals surface area (Å²) < 4.78 is 7.00. The molecule has 2 atom stereocenters. The van der Waals surface area contributed by atoms with Gasteiger partial charge in [-0.25, -0.2) is 4.98 Å². The summed E-state index contributed by atoms with van der Waals surface area (Å²) in [7, 11) is 0. The van der Waals surface area contributed by atoms with E-state index in [9.17, 15) is 0 Å². The number of nitrogens with zero attached hydrogens (tertiary/aromatic N) is 4. The fourth-order valence-corrected chi connectivity index (χ4v) is 10.6. The molecule has 11 rings (SSSR count). The molecule has 322 valence electrons. The molecule has 0 spiro atoms. The predicted octanol–water partition coefficient (Wildman–Crippen LogP) is 14.8. The molecule has 2 aliphatic heterocycles. The molecular formula is C59H50N4OPt. The largest absolute Gasteiger partial charge is 2.00 e. The number of amidine groups is 1. The number of hydrogen-bond acceptors (Lipinski definition) is 5. The van der Waals surface area contributed by atoms with Crippen molar-refractivity contribution in [3.8, 4) is 33.8 Å². The van der Waals surface area contributed by atoms with E-state index in [1.54, 1.807) is 0 Å². The number of fused-ring (bicyclic) bond motifs is 8. The molecule has 0 saturated heterocycles. The SMILES string of the molecule is Cc1cc(Oc2[c-]c(C3=N[C@@H]4c5ccc(C)cc5-c5cc(C)ccc5[C@@H]4N3c3c(C)cc(C)cc3C)cc(-c3ccccc3)c2)[c-]c(N2c3ccccc3C(C)(C)c3cccnc32)c1.[Pt+2]. The third-order valence-corrected chi connectivity index (χ3v) is 13.4. The molecule has 7 aromatic carbocycles. The van der Waals surface area contributed by atoms with E-state index in [1.165, 1.54) is 61.3 Å². The number of hydrogen-bond donors (Lipinski definition) is 0. The van der Waals surface area contributed by atoms with Crippen molar-refractivity contribution in [3.05, 3.63) is 219 Å². The van der Waals surface area contributed by atoms with E-state index in [1.807, 2.05) is 12.3 Å². The zero-order valence-electron chi connectivity index (χ0n) is 38.0. The van der Waals surface area contributed by atoms with Crippen LogP contribution in [0.4, 0.5) is 22.9 Å². The van der Waals surface area contributed by atoms with Crippen molar-refractivity contribution < 1.29 is 25.8 Å². The average Bonchev–Trinajstić information content (AvgIpc) is 3.66. The van der Waals surface area contributed by atoms with Gasteiger partial charge in [-0.3, -0.25) is 0 Å². The average molecular weight is 1030 g/mol. The van der Waals surface area contributed by atoms with Crippen molar-refractivity contribution in [1.82, 2.24) is 4.98 Å². The van der Waals surface area contributed by atoms with Gasteiger partial charge in [0.15, 0.2) is 0 Å². The second-order valence-corrected chi connectivity index (χ2v) is 18.5. The Morgan fingerprint density at radius 3 is 1.98 bits per heavy atom. The van der Waals surface area contributed by atoms with Crippen LogP contribution >= 0.6 is 0 Å². The van der Waals surface area contributed by atoms with Gasteiger partial charge in [0.2, 0.25) is 0 Å². The first-order chi connectivity index (χ1) is 30.9. The van der Waals surface area contributed by atoms with Crippen LogP contribution in [0.25, 0.3) is 22.3 Å². The molecule has 0 saturated carbocycles. The van der Waals surface area contributed by atoms with E-state index in [-0.39, 0.29) is 38.6 Å². The molecule has 0 unspecified atom stereocenters. The van der Waals surface area contributed by atoms with Gasteiger partial charge in [-0.1, -0.05) is 164 Å². The first-order valence-electron chi connectivity index (χ1n) is 22.3. The number of para-hydroxylation sites is 1. The van der Waals surface area contributed by atoms with Gasteiger partial charge < -0.3 is 19.5 Å². The number of rotatable bonds is 6. The van der Waals surface area contributed by atoms with Crippen molar-refractivity contribution in [2.75, 3.05) is 9.80 Å². The molecule has 6 heteroatoms. The van der Waals surface area contributed by atoms with Gasteiger partial charge in [-0.05, 0) is 91.3 Å². The van der Waals surface area contributed by atoms with Crippen molar-refractivity contribution in [2.45, 2.75) is 72.9 Å². The quantitative estimate of drug-likeness (QED) is 0.156. The molecule has 8 aromatic rings. The first-order valence-corrected chi connectivity index (χ1v) is 22.3. The molecular weight excluding hydrogens is 976 g/mol. The maximum absolute atomic E-state index is 7.00. The van der Waals surface area contributed by atoms with Crippen LogP contribution in [-0.4, -0.2) is 10.8 Å². The fourth-order valence-electron chi connectivity index (χ4n) is 10.6. The summed E-state index contributed by atoms with van der Waals surface area (Å²) in [6.45, 7) is 17.7. The minimum Gasteiger partial charge on any atom is -0.503 e. The van der Waals surface area contributed by atoms with E-state index in [0.717, 1.165) is 50.8 Å². The number of aryl methyl sites for hydroxylation is 6. The summed E-state index contributed by atoms with van der Waals surface area (Å²) in [4.78, 5) is 15.5. The van der Waals surface area contributed by atoms with Crippen molar-refractivity contribution in [2.24, 2.45) is 4.99 Å². The van der Waals surface area contributed by atoms with Gasteiger partial charge in [0.1, 0.15) is 5.82 Å². The van der Waals surface area contributed by atoms with Crippen LogP contribution in [0.15, 0.2) is 151 Å². The summed E-state index contributed by atoms with van der Waals surface area (Å²) in [6.07, 6.45) is 1.87. The predicted molar refractivity (Wildman–Crippen MR) is 262 cm³/mol. The van der Waals surface area contributed by atoms with Crippen molar-refractivity contribution in [1.29, 1.82) is 0 Å². The molecule has 0 bridgehead atoms.